The van der Waals surface area contributed by atoms with Crippen molar-refractivity contribution in [2.75, 3.05) is 20.3 Å². The Labute approximate surface area is 234 Å². The summed E-state index contributed by atoms with van der Waals surface area (Å²) < 4.78 is 31.5. The van der Waals surface area contributed by atoms with Gasteiger partial charge in [0, 0.05) is 5.69 Å². The van der Waals surface area contributed by atoms with Crippen LogP contribution in [0.15, 0.2) is 53.0 Å². The lowest BCUT2D eigenvalue weighted by Gasteiger charge is -2.27. The van der Waals surface area contributed by atoms with Gasteiger partial charge in [-0.1, -0.05) is 0 Å². The molecule has 9 nitrogen and oxygen atoms in total. The minimum atomic E-state index is -1.27. The summed E-state index contributed by atoms with van der Waals surface area (Å²) >= 11 is 3.44. The molecule has 0 bridgehead atoms. The summed E-state index contributed by atoms with van der Waals surface area (Å²) in [6.45, 7) is 5.99. The monoisotopic (exact) mass is 604 g/mol. The Morgan fingerprint density at radius 1 is 1.05 bits per heavy atom. The molecule has 3 aromatic rings. The predicted octanol–water partition coefficient (Wildman–Crippen LogP) is 6.05. The fourth-order valence-electron chi connectivity index (χ4n) is 3.89. The number of benzene rings is 2. The number of halogens is 2. The number of aromatic nitrogens is 1. The number of aromatic carboxylic acids is 1. The van der Waals surface area contributed by atoms with Crippen LogP contribution in [0.25, 0.3) is 16.9 Å². The van der Waals surface area contributed by atoms with Crippen LogP contribution in [0, 0.1) is 5.82 Å². The normalized spacial score (nSPS) is 11.2. The molecule has 0 saturated carbocycles. The van der Waals surface area contributed by atoms with Crippen molar-refractivity contribution >= 4 is 34.0 Å². The fraction of sp³-hybridized carbons (Fsp3) is 0.321. The second kappa shape index (κ2) is 12.3. The lowest BCUT2D eigenvalue weighted by molar-refractivity contribution is -0.144. The molecule has 0 unspecified atom stereocenters. The van der Waals surface area contributed by atoms with Gasteiger partial charge in [-0.05, 0) is 97.7 Å². The van der Waals surface area contributed by atoms with Crippen molar-refractivity contribution < 1.29 is 38.1 Å². The molecule has 0 atom stereocenters. The first-order valence-electron chi connectivity index (χ1n) is 12.1. The highest BCUT2D eigenvalue weighted by Gasteiger charge is 2.32. The molecular formula is C28H30BrFN2O7. The summed E-state index contributed by atoms with van der Waals surface area (Å²) in [4.78, 5) is 39.3. The summed E-state index contributed by atoms with van der Waals surface area (Å²) in [5.74, 6) is -1.83. The fourth-order valence-corrected chi connectivity index (χ4v) is 4.70. The van der Waals surface area contributed by atoms with Gasteiger partial charge in [0.1, 0.15) is 23.7 Å². The number of carbonyl (C=O) groups is 3. The number of hydrogen-bond donors (Lipinski definition) is 1. The van der Waals surface area contributed by atoms with Crippen molar-refractivity contribution in [2.24, 2.45) is 0 Å². The van der Waals surface area contributed by atoms with E-state index in [2.05, 4.69) is 15.9 Å². The van der Waals surface area contributed by atoms with Crippen molar-refractivity contribution in [3.8, 4) is 22.7 Å². The molecule has 11 heteroatoms. The number of ether oxygens (including phenoxy) is 3. The molecule has 0 radical (unpaired) electrons. The van der Waals surface area contributed by atoms with Gasteiger partial charge in [-0.25, -0.2) is 14.0 Å². The molecular weight excluding hydrogens is 575 g/mol. The number of methoxy groups -OCH3 is 1. The zero-order chi connectivity index (χ0) is 28.9. The first kappa shape index (κ1) is 29.7. The van der Waals surface area contributed by atoms with Crippen LogP contribution in [0.4, 0.5) is 9.18 Å². The minimum absolute atomic E-state index is 0.101. The van der Waals surface area contributed by atoms with Crippen LogP contribution in [0.5, 0.6) is 5.75 Å². The standard InChI is InChI=1S/C28H30BrFN2O7/c1-6-38-22(33)16-31(27(36)39-28(2,3)4)15-21-23(26(34)35)24(29)25(17-7-9-18(30)10-8-17)32(21)19-11-13-20(37-5)14-12-19/h7-14H,6,15-16H2,1-5H3,(H,34,35). The maximum absolute atomic E-state index is 13.8. The van der Waals surface area contributed by atoms with Gasteiger partial charge >= 0.3 is 18.0 Å². The molecule has 1 N–H and O–H groups in total. The highest BCUT2D eigenvalue weighted by Crippen LogP contribution is 2.39. The first-order chi connectivity index (χ1) is 18.4. The number of nitrogens with zero attached hydrogens (tertiary/aromatic N) is 2. The molecule has 0 aliphatic rings. The third kappa shape index (κ3) is 7.17. The summed E-state index contributed by atoms with van der Waals surface area (Å²) in [6.07, 6.45) is -0.825. The maximum Gasteiger partial charge on any atom is 0.411 e. The summed E-state index contributed by atoms with van der Waals surface area (Å²) in [7, 11) is 1.52. The van der Waals surface area contributed by atoms with Crippen LogP contribution in [-0.4, -0.2) is 58.5 Å². The van der Waals surface area contributed by atoms with Crippen LogP contribution < -0.4 is 4.74 Å². The molecule has 0 saturated heterocycles. The smallest absolute Gasteiger partial charge is 0.411 e. The van der Waals surface area contributed by atoms with E-state index in [0.717, 1.165) is 4.90 Å². The molecule has 3 rings (SSSR count). The van der Waals surface area contributed by atoms with Gasteiger partial charge in [0.05, 0.1) is 41.7 Å². The Hall–Kier alpha value is -3.86. The summed E-state index contributed by atoms with van der Waals surface area (Å²) in [5, 5.41) is 10.3. The van der Waals surface area contributed by atoms with Crippen LogP contribution in [0.3, 0.4) is 0 Å². The van der Waals surface area contributed by atoms with Gasteiger partial charge in [-0.3, -0.25) is 9.69 Å². The zero-order valence-electron chi connectivity index (χ0n) is 22.3. The van der Waals surface area contributed by atoms with Gasteiger partial charge in [-0.15, -0.1) is 0 Å². The quantitative estimate of drug-likeness (QED) is 0.296. The van der Waals surface area contributed by atoms with Crippen molar-refractivity contribution in [3.05, 3.63) is 70.1 Å². The number of carbonyl (C=O) groups excluding carboxylic acids is 2. The average molecular weight is 605 g/mol. The molecule has 1 aromatic heterocycles. The molecule has 208 valence electrons. The van der Waals surface area contributed by atoms with E-state index in [1.807, 2.05) is 0 Å². The highest BCUT2D eigenvalue weighted by molar-refractivity contribution is 9.10. The molecule has 1 amide bonds. The van der Waals surface area contributed by atoms with Gasteiger partial charge in [0.2, 0.25) is 0 Å². The summed E-state index contributed by atoms with van der Waals surface area (Å²) in [5.41, 5.74) is 0.627. The average Bonchev–Trinajstić information content (AvgIpc) is 3.15. The third-order valence-corrected chi connectivity index (χ3v) is 6.26. The molecule has 39 heavy (non-hydrogen) atoms. The van der Waals surface area contributed by atoms with E-state index in [1.54, 1.807) is 56.5 Å². The molecule has 2 aromatic carbocycles. The number of hydrogen-bond acceptors (Lipinski definition) is 6. The maximum atomic E-state index is 13.8. The Balaban J connectivity index is 2.29. The van der Waals surface area contributed by atoms with Crippen LogP contribution in [0.2, 0.25) is 0 Å². The molecule has 0 aliphatic heterocycles. The number of esters is 1. The number of carboxylic acids is 1. The van der Waals surface area contributed by atoms with Gasteiger partial charge in [0.25, 0.3) is 0 Å². The zero-order valence-corrected chi connectivity index (χ0v) is 23.9. The second-order valence-electron chi connectivity index (χ2n) is 9.47. The van der Waals surface area contributed by atoms with Crippen LogP contribution >= 0.6 is 15.9 Å². The number of rotatable bonds is 9. The largest absolute Gasteiger partial charge is 0.497 e. The van der Waals surface area contributed by atoms with Gasteiger partial charge < -0.3 is 23.9 Å². The SMILES string of the molecule is CCOC(=O)CN(Cc1c(C(=O)O)c(Br)c(-c2ccc(F)cc2)n1-c1ccc(OC)cc1)C(=O)OC(C)(C)C. The Kier molecular flexibility index (Phi) is 9.39. The third-order valence-electron chi connectivity index (χ3n) is 5.49. The molecule has 0 aliphatic carbocycles. The topological polar surface area (TPSA) is 107 Å². The Bertz CT molecular complexity index is 1350. The number of carboxylic acid groups (broad SMARTS) is 1. The molecule has 1 heterocycles. The van der Waals surface area contributed by atoms with Crippen molar-refractivity contribution in [1.29, 1.82) is 0 Å². The van der Waals surface area contributed by atoms with E-state index in [-0.39, 0.29) is 28.9 Å². The lowest BCUT2D eigenvalue weighted by Crippen LogP contribution is -2.40. The first-order valence-corrected chi connectivity index (χ1v) is 12.9. The Morgan fingerprint density at radius 3 is 2.18 bits per heavy atom. The van der Waals surface area contributed by atoms with E-state index in [1.165, 1.54) is 31.4 Å². The second-order valence-corrected chi connectivity index (χ2v) is 10.3. The van der Waals surface area contributed by atoms with E-state index >= 15 is 0 Å². The molecule has 0 spiro atoms. The van der Waals surface area contributed by atoms with Crippen molar-refractivity contribution in [1.82, 2.24) is 9.47 Å². The predicted molar refractivity (Wildman–Crippen MR) is 146 cm³/mol. The number of amides is 1. The van der Waals surface area contributed by atoms with Crippen LogP contribution in [-0.2, 0) is 20.8 Å². The van der Waals surface area contributed by atoms with E-state index in [0.29, 0.717) is 22.7 Å². The van der Waals surface area contributed by atoms with Crippen molar-refractivity contribution in [3.63, 3.8) is 0 Å². The lowest BCUT2D eigenvalue weighted by atomic mass is 10.1. The van der Waals surface area contributed by atoms with E-state index < -0.39 is 36.0 Å². The van der Waals surface area contributed by atoms with Crippen molar-refractivity contribution in [2.45, 2.75) is 39.8 Å². The minimum Gasteiger partial charge on any atom is -0.497 e. The van der Waals surface area contributed by atoms with E-state index in [9.17, 15) is 23.9 Å². The van der Waals surface area contributed by atoms with Gasteiger partial charge in [0.15, 0.2) is 0 Å². The van der Waals surface area contributed by atoms with Gasteiger partial charge in [-0.2, -0.15) is 0 Å². The Morgan fingerprint density at radius 2 is 1.67 bits per heavy atom. The highest BCUT2D eigenvalue weighted by atomic mass is 79.9. The molecule has 0 fully saturated rings. The van der Waals surface area contributed by atoms with E-state index in [4.69, 9.17) is 14.2 Å². The van der Waals surface area contributed by atoms with Crippen LogP contribution in [0.1, 0.15) is 43.7 Å². The summed E-state index contributed by atoms with van der Waals surface area (Å²) in [6, 6.07) is 12.4.